The maximum absolute atomic E-state index is 11.2. The third-order valence-corrected chi connectivity index (χ3v) is 2.38. The molecule has 0 aromatic heterocycles. The minimum absolute atomic E-state index is 0.174. The Morgan fingerprint density at radius 2 is 2.25 bits per heavy atom. The zero-order chi connectivity index (χ0) is 8.39. The predicted molar refractivity (Wildman–Crippen MR) is 42.9 cm³/mol. The Balaban J connectivity index is 1.63. The highest BCUT2D eigenvalue weighted by Gasteiger charge is 2.30. The van der Waals surface area contributed by atoms with Crippen LogP contribution < -0.4 is 0 Å². The Kier molecular flexibility index (Phi) is 2.42. The van der Waals surface area contributed by atoms with Gasteiger partial charge in [-0.1, -0.05) is 0 Å². The van der Waals surface area contributed by atoms with E-state index in [4.69, 9.17) is 9.47 Å². The van der Waals surface area contributed by atoms with Crippen molar-refractivity contribution < 1.29 is 14.3 Å². The van der Waals surface area contributed by atoms with Crippen molar-refractivity contribution in [3.8, 4) is 0 Å². The number of carbonyl (C=O) groups is 1. The number of ketones is 1. The second kappa shape index (κ2) is 3.54. The third-order valence-electron chi connectivity index (χ3n) is 2.38. The molecule has 0 aromatic carbocycles. The van der Waals surface area contributed by atoms with Crippen molar-refractivity contribution in [2.24, 2.45) is 5.92 Å². The molecule has 1 aliphatic carbocycles. The number of Topliss-reactive ketones (excluding diaryl/α,β-unsaturated/α-hetero) is 1. The molecule has 1 atom stereocenters. The first-order valence-electron chi connectivity index (χ1n) is 4.58. The van der Waals surface area contributed by atoms with E-state index in [0.29, 0.717) is 19.1 Å². The average Bonchev–Trinajstić information content (AvgIpc) is 2.80. The molecule has 3 nitrogen and oxygen atoms in total. The number of ether oxygens (including phenoxy) is 2. The van der Waals surface area contributed by atoms with Crippen LogP contribution in [0.3, 0.4) is 0 Å². The third kappa shape index (κ3) is 2.05. The molecule has 1 unspecified atom stereocenters. The average molecular weight is 170 g/mol. The van der Waals surface area contributed by atoms with Crippen LogP contribution in [0.25, 0.3) is 0 Å². The standard InChI is InChI=1S/C9H14O3/c10-9(7-1-2-7)6-12-8-3-4-11-5-8/h7-8H,1-6H2. The molecule has 0 spiro atoms. The summed E-state index contributed by atoms with van der Waals surface area (Å²) >= 11 is 0. The minimum Gasteiger partial charge on any atom is -0.379 e. The fourth-order valence-electron chi connectivity index (χ4n) is 1.37. The number of carbonyl (C=O) groups excluding carboxylic acids is 1. The molecule has 3 heteroatoms. The maximum Gasteiger partial charge on any atom is 0.161 e. The first-order chi connectivity index (χ1) is 5.86. The molecule has 0 amide bonds. The van der Waals surface area contributed by atoms with Crippen LogP contribution in [0.5, 0.6) is 0 Å². The molecule has 2 rings (SSSR count). The van der Waals surface area contributed by atoms with E-state index in [1.54, 1.807) is 0 Å². The van der Waals surface area contributed by atoms with Crippen molar-refractivity contribution >= 4 is 5.78 Å². The van der Waals surface area contributed by atoms with Crippen LogP contribution >= 0.6 is 0 Å². The van der Waals surface area contributed by atoms with Gasteiger partial charge in [0.1, 0.15) is 6.61 Å². The number of rotatable bonds is 4. The van der Waals surface area contributed by atoms with Gasteiger partial charge in [0.15, 0.2) is 5.78 Å². The van der Waals surface area contributed by atoms with Gasteiger partial charge in [0.2, 0.25) is 0 Å². The van der Waals surface area contributed by atoms with Crippen LogP contribution in [0.1, 0.15) is 19.3 Å². The molecule has 0 N–H and O–H groups in total. The molecule has 12 heavy (non-hydrogen) atoms. The van der Waals surface area contributed by atoms with Gasteiger partial charge in [-0.05, 0) is 19.3 Å². The van der Waals surface area contributed by atoms with Gasteiger partial charge in [-0.15, -0.1) is 0 Å². The van der Waals surface area contributed by atoms with Crippen LogP contribution in [-0.4, -0.2) is 31.7 Å². The molecule has 2 aliphatic rings. The van der Waals surface area contributed by atoms with Gasteiger partial charge in [0.05, 0.1) is 12.7 Å². The highest BCUT2D eigenvalue weighted by Crippen LogP contribution is 2.29. The second-order valence-corrected chi connectivity index (χ2v) is 3.54. The van der Waals surface area contributed by atoms with Crippen molar-refractivity contribution in [2.45, 2.75) is 25.4 Å². The molecule has 1 aliphatic heterocycles. The minimum atomic E-state index is 0.174. The van der Waals surface area contributed by atoms with E-state index < -0.39 is 0 Å². The molecule has 1 saturated heterocycles. The van der Waals surface area contributed by atoms with E-state index in [9.17, 15) is 4.79 Å². The summed E-state index contributed by atoms with van der Waals surface area (Å²) < 4.78 is 10.5. The van der Waals surface area contributed by atoms with E-state index in [-0.39, 0.29) is 11.9 Å². The fraction of sp³-hybridized carbons (Fsp3) is 0.889. The zero-order valence-electron chi connectivity index (χ0n) is 7.12. The summed E-state index contributed by atoms with van der Waals surface area (Å²) in [4.78, 5) is 11.2. The summed E-state index contributed by atoms with van der Waals surface area (Å²) in [6.45, 7) is 1.75. The van der Waals surface area contributed by atoms with E-state index in [1.807, 2.05) is 0 Å². The van der Waals surface area contributed by atoms with E-state index >= 15 is 0 Å². The normalized spacial score (nSPS) is 29.2. The lowest BCUT2D eigenvalue weighted by molar-refractivity contribution is -0.126. The topological polar surface area (TPSA) is 35.5 Å². The molecular formula is C9H14O3. The van der Waals surface area contributed by atoms with Crippen molar-refractivity contribution in [3.63, 3.8) is 0 Å². The quantitative estimate of drug-likeness (QED) is 0.625. The van der Waals surface area contributed by atoms with Crippen LogP contribution in [0.15, 0.2) is 0 Å². The van der Waals surface area contributed by atoms with Crippen LogP contribution in [0.4, 0.5) is 0 Å². The summed E-state index contributed by atoms with van der Waals surface area (Å²) in [5.41, 5.74) is 0. The Hall–Kier alpha value is -0.410. The van der Waals surface area contributed by atoms with Gasteiger partial charge in [-0.3, -0.25) is 4.79 Å². The van der Waals surface area contributed by atoms with Crippen LogP contribution in [-0.2, 0) is 14.3 Å². The molecule has 2 fully saturated rings. The van der Waals surface area contributed by atoms with Crippen molar-refractivity contribution in [1.29, 1.82) is 0 Å². The fourth-order valence-corrected chi connectivity index (χ4v) is 1.37. The lowest BCUT2D eigenvalue weighted by Gasteiger charge is -2.07. The molecule has 1 heterocycles. The van der Waals surface area contributed by atoms with Gasteiger partial charge in [0, 0.05) is 12.5 Å². The Labute approximate surface area is 72.0 Å². The highest BCUT2D eigenvalue weighted by molar-refractivity contribution is 5.84. The van der Waals surface area contributed by atoms with Gasteiger partial charge in [-0.25, -0.2) is 0 Å². The monoisotopic (exact) mass is 170 g/mol. The SMILES string of the molecule is O=C(COC1CCOC1)C1CC1. The molecule has 0 aromatic rings. The van der Waals surface area contributed by atoms with E-state index in [2.05, 4.69) is 0 Å². The summed E-state index contributed by atoms with van der Waals surface area (Å²) in [5.74, 6) is 0.606. The van der Waals surface area contributed by atoms with Gasteiger partial charge in [-0.2, -0.15) is 0 Å². The molecule has 68 valence electrons. The van der Waals surface area contributed by atoms with Gasteiger partial charge < -0.3 is 9.47 Å². The molecular weight excluding hydrogens is 156 g/mol. The smallest absolute Gasteiger partial charge is 0.161 e. The Bertz CT molecular complexity index is 169. The summed E-state index contributed by atoms with van der Waals surface area (Å²) in [6.07, 6.45) is 3.26. The lowest BCUT2D eigenvalue weighted by atomic mass is 10.3. The maximum atomic E-state index is 11.2. The number of hydrogen-bond donors (Lipinski definition) is 0. The highest BCUT2D eigenvalue weighted by atomic mass is 16.5. The Morgan fingerprint density at radius 3 is 2.83 bits per heavy atom. The summed E-state index contributed by atoms with van der Waals surface area (Å²) in [5, 5.41) is 0. The summed E-state index contributed by atoms with van der Waals surface area (Å²) in [6, 6.07) is 0. The first kappa shape index (κ1) is 8.20. The van der Waals surface area contributed by atoms with Crippen molar-refractivity contribution in [3.05, 3.63) is 0 Å². The predicted octanol–water partition coefficient (Wildman–Crippen LogP) is 0.771. The van der Waals surface area contributed by atoms with Crippen LogP contribution in [0.2, 0.25) is 0 Å². The van der Waals surface area contributed by atoms with E-state index in [1.165, 1.54) is 0 Å². The van der Waals surface area contributed by atoms with Gasteiger partial charge >= 0.3 is 0 Å². The zero-order valence-corrected chi connectivity index (χ0v) is 7.12. The molecule has 0 radical (unpaired) electrons. The van der Waals surface area contributed by atoms with Crippen LogP contribution in [0, 0.1) is 5.92 Å². The first-order valence-corrected chi connectivity index (χ1v) is 4.58. The van der Waals surface area contributed by atoms with Gasteiger partial charge in [0.25, 0.3) is 0 Å². The molecule has 0 bridgehead atoms. The Morgan fingerprint density at radius 1 is 1.42 bits per heavy atom. The lowest BCUT2D eigenvalue weighted by Crippen LogP contribution is -2.19. The van der Waals surface area contributed by atoms with E-state index in [0.717, 1.165) is 25.9 Å². The van der Waals surface area contributed by atoms with Crippen molar-refractivity contribution in [2.75, 3.05) is 19.8 Å². The second-order valence-electron chi connectivity index (χ2n) is 3.54. The van der Waals surface area contributed by atoms with Crippen molar-refractivity contribution in [1.82, 2.24) is 0 Å². The number of hydrogen-bond acceptors (Lipinski definition) is 3. The molecule has 1 saturated carbocycles. The summed E-state index contributed by atoms with van der Waals surface area (Å²) in [7, 11) is 0. The largest absolute Gasteiger partial charge is 0.379 e.